The van der Waals surface area contributed by atoms with E-state index in [2.05, 4.69) is 30.6 Å². The van der Waals surface area contributed by atoms with E-state index >= 15 is 0 Å². The van der Waals surface area contributed by atoms with E-state index in [1.54, 1.807) is 6.07 Å². The van der Waals surface area contributed by atoms with Crippen LogP contribution in [0.5, 0.6) is 0 Å². The molecule has 0 amide bonds. The van der Waals surface area contributed by atoms with Gasteiger partial charge in [0.2, 0.25) is 0 Å². The van der Waals surface area contributed by atoms with E-state index in [-0.39, 0.29) is 0 Å². The topological polar surface area (TPSA) is 17.1 Å². The van der Waals surface area contributed by atoms with Crippen molar-refractivity contribution in [3.63, 3.8) is 0 Å². The van der Waals surface area contributed by atoms with Gasteiger partial charge in [0.15, 0.2) is 6.29 Å². The molecule has 0 atom stereocenters. The molecule has 0 radical (unpaired) electrons. The summed E-state index contributed by atoms with van der Waals surface area (Å²) in [5.74, 6) is 11.7. The first-order valence-electron chi connectivity index (χ1n) is 7.41. The Morgan fingerprint density at radius 1 is 1.00 bits per heavy atom. The first-order chi connectivity index (χ1) is 9.88. The molecule has 0 aromatic heterocycles. The van der Waals surface area contributed by atoms with Crippen molar-refractivity contribution in [2.24, 2.45) is 0 Å². The van der Waals surface area contributed by atoms with E-state index in [1.165, 1.54) is 32.1 Å². The molecule has 0 saturated carbocycles. The lowest BCUT2D eigenvalue weighted by atomic mass is 10.1. The summed E-state index contributed by atoms with van der Waals surface area (Å²) in [6.45, 7) is 2.23. The predicted octanol–water partition coefficient (Wildman–Crippen LogP) is 4.60. The maximum absolute atomic E-state index is 10.8. The number of hydrogen-bond donors (Lipinski definition) is 0. The van der Waals surface area contributed by atoms with Crippen LogP contribution < -0.4 is 0 Å². The van der Waals surface area contributed by atoms with Crippen molar-refractivity contribution in [1.29, 1.82) is 0 Å². The molecule has 0 bridgehead atoms. The molecule has 0 unspecified atom stereocenters. The number of unbranched alkanes of at least 4 members (excludes halogenated alkanes) is 6. The van der Waals surface area contributed by atoms with Gasteiger partial charge in [0.1, 0.15) is 0 Å². The number of carbonyl (C=O) groups excluding carboxylic acids is 1. The van der Waals surface area contributed by atoms with Gasteiger partial charge in [-0.25, -0.2) is 0 Å². The van der Waals surface area contributed by atoms with Crippen LogP contribution in [0.3, 0.4) is 0 Å². The van der Waals surface area contributed by atoms with Crippen molar-refractivity contribution in [2.45, 2.75) is 51.9 Å². The monoisotopic (exact) mass is 266 g/mol. The third kappa shape index (κ3) is 6.81. The Hall–Kier alpha value is -1.99. The summed E-state index contributed by atoms with van der Waals surface area (Å²) in [5, 5.41) is 0. The van der Waals surface area contributed by atoms with E-state index in [0.717, 1.165) is 24.7 Å². The normalized spacial score (nSPS) is 9.05. The number of benzene rings is 1. The molecular weight excluding hydrogens is 244 g/mol. The fourth-order valence-corrected chi connectivity index (χ4v) is 1.91. The summed E-state index contributed by atoms with van der Waals surface area (Å²) in [6, 6.07) is 7.31. The lowest BCUT2D eigenvalue weighted by Crippen LogP contribution is -1.84. The summed E-state index contributed by atoms with van der Waals surface area (Å²) in [5.41, 5.74) is 1.37. The SMILES string of the molecule is CCCCCCCCC#CC#Cc1ccccc1C=O. The molecule has 0 fully saturated rings. The summed E-state index contributed by atoms with van der Waals surface area (Å²) in [4.78, 5) is 10.8. The second-order valence-corrected chi connectivity index (χ2v) is 4.77. The molecule has 1 aromatic carbocycles. The first kappa shape index (κ1) is 16.1. The van der Waals surface area contributed by atoms with Crippen LogP contribution in [0.4, 0.5) is 0 Å². The van der Waals surface area contributed by atoms with Crippen molar-refractivity contribution >= 4 is 6.29 Å². The zero-order valence-electron chi connectivity index (χ0n) is 12.2. The average Bonchev–Trinajstić information content (AvgIpc) is 2.49. The summed E-state index contributed by atoms with van der Waals surface area (Å²) >= 11 is 0. The Balaban J connectivity index is 2.29. The summed E-state index contributed by atoms with van der Waals surface area (Å²) in [7, 11) is 0. The van der Waals surface area contributed by atoms with Crippen molar-refractivity contribution < 1.29 is 4.79 Å². The fourth-order valence-electron chi connectivity index (χ4n) is 1.91. The van der Waals surface area contributed by atoms with Gasteiger partial charge in [0.05, 0.1) is 0 Å². The van der Waals surface area contributed by atoms with Crippen LogP contribution in [0.2, 0.25) is 0 Å². The quantitative estimate of drug-likeness (QED) is 0.400. The van der Waals surface area contributed by atoms with Gasteiger partial charge >= 0.3 is 0 Å². The highest BCUT2D eigenvalue weighted by Crippen LogP contribution is 2.06. The van der Waals surface area contributed by atoms with Crippen LogP contribution in [0.25, 0.3) is 0 Å². The standard InChI is InChI=1S/C19H22O/c1-2-3-4-5-6-7-8-9-10-11-14-18-15-12-13-16-19(18)17-20/h12-13,15-17H,2-8H2,1H3. The third-order valence-corrected chi connectivity index (χ3v) is 3.09. The highest BCUT2D eigenvalue weighted by atomic mass is 16.1. The molecule has 0 N–H and O–H groups in total. The highest BCUT2D eigenvalue weighted by Gasteiger charge is 1.94. The second kappa shape index (κ2) is 10.9. The lowest BCUT2D eigenvalue weighted by molar-refractivity contribution is 0.112. The number of rotatable bonds is 7. The minimum Gasteiger partial charge on any atom is -0.298 e. The molecule has 0 saturated heterocycles. The smallest absolute Gasteiger partial charge is 0.151 e. The number of hydrogen-bond acceptors (Lipinski definition) is 1. The van der Waals surface area contributed by atoms with Crippen molar-refractivity contribution in [3.05, 3.63) is 35.4 Å². The Kier molecular flexibility index (Phi) is 8.75. The van der Waals surface area contributed by atoms with Crippen molar-refractivity contribution in [3.8, 4) is 23.7 Å². The Morgan fingerprint density at radius 3 is 2.55 bits per heavy atom. The largest absolute Gasteiger partial charge is 0.298 e. The molecule has 1 heteroatoms. The van der Waals surface area contributed by atoms with Gasteiger partial charge in [-0.3, -0.25) is 4.79 Å². The van der Waals surface area contributed by atoms with E-state index in [9.17, 15) is 4.79 Å². The third-order valence-electron chi connectivity index (χ3n) is 3.09. The maximum atomic E-state index is 10.8. The minimum absolute atomic E-state index is 0.623. The van der Waals surface area contributed by atoms with Crippen LogP contribution in [0.15, 0.2) is 24.3 Å². The number of aldehydes is 1. The highest BCUT2D eigenvalue weighted by molar-refractivity contribution is 5.79. The molecule has 104 valence electrons. The van der Waals surface area contributed by atoms with Gasteiger partial charge < -0.3 is 0 Å². The van der Waals surface area contributed by atoms with E-state index in [4.69, 9.17) is 0 Å². The van der Waals surface area contributed by atoms with E-state index in [1.807, 2.05) is 18.2 Å². The van der Waals surface area contributed by atoms with Gasteiger partial charge in [-0.1, -0.05) is 69.1 Å². The van der Waals surface area contributed by atoms with Gasteiger partial charge in [0, 0.05) is 17.5 Å². The van der Waals surface area contributed by atoms with Crippen LogP contribution in [0, 0.1) is 23.7 Å². The van der Waals surface area contributed by atoms with Gasteiger partial charge in [-0.2, -0.15) is 0 Å². The van der Waals surface area contributed by atoms with Gasteiger partial charge in [-0.15, -0.1) is 0 Å². The Morgan fingerprint density at radius 2 is 1.75 bits per heavy atom. The summed E-state index contributed by atoms with van der Waals surface area (Å²) < 4.78 is 0. The number of carbonyl (C=O) groups is 1. The Bertz CT molecular complexity index is 520. The van der Waals surface area contributed by atoms with E-state index < -0.39 is 0 Å². The molecular formula is C19H22O. The van der Waals surface area contributed by atoms with Crippen LogP contribution in [-0.2, 0) is 0 Å². The molecule has 0 aliphatic carbocycles. The first-order valence-corrected chi connectivity index (χ1v) is 7.41. The molecule has 1 nitrogen and oxygen atoms in total. The van der Waals surface area contributed by atoms with Gasteiger partial charge in [-0.05, 0) is 24.3 Å². The second-order valence-electron chi connectivity index (χ2n) is 4.77. The molecule has 0 heterocycles. The predicted molar refractivity (Wildman–Crippen MR) is 84.5 cm³/mol. The van der Waals surface area contributed by atoms with Crippen LogP contribution in [-0.4, -0.2) is 6.29 Å². The maximum Gasteiger partial charge on any atom is 0.151 e. The minimum atomic E-state index is 0.623. The van der Waals surface area contributed by atoms with Gasteiger partial charge in [0.25, 0.3) is 0 Å². The molecule has 1 aromatic rings. The molecule has 0 aliphatic heterocycles. The summed E-state index contributed by atoms with van der Waals surface area (Å²) in [6.07, 6.45) is 9.44. The molecule has 0 aliphatic rings. The molecule has 1 rings (SSSR count). The van der Waals surface area contributed by atoms with Crippen LogP contribution >= 0.6 is 0 Å². The average molecular weight is 266 g/mol. The van der Waals surface area contributed by atoms with E-state index in [0.29, 0.717) is 5.56 Å². The molecule has 0 spiro atoms. The fraction of sp³-hybridized carbons (Fsp3) is 0.421. The van der Waals surface area contributed by atoms with Crippen molar-refractivity contribution in [1.82, 2.24) is 0 Å². The zero-order valence-corrected chi connectivity index (χ0v) is 12.2. The molecule has 20 heavy (non-hydrogen) atoms. The van der Waals surface area contributed by atoms with Crippen molar-refractivity contribution in [2.75, 3.05) is 0 Å². The Labute approximate surface area is 122 Å². The zero-order chi connectivity index (χ0) is 14.5. The van der Waals surface area contributed by atoms with Crippen LogP contribution in [0.1, 0.15) is 67.8 Å². The lowest BCUT2D eigenvalue weighted by Gasteiger charge is -1.96.